The molecule has 5 heterocycles. The third kappa shape index (κ3) is 3.12. The largest absolute Gasteiger partial charge is 0.354 e. The van der Waals surface area contributed by atoms with E-state index in [9.17, 15) is 0 Å². The summed E-state index contributed by atoms with van der Waals surface area (Å²) in [6.45, 7) is 3.26. The lowest BCUT2D eigenvalue weighted by Gasteiger charge is -2.28. The lowest BCUT2D eigenvalue weighted by molar-refractivity contribution is 0.226. The Morgan fingerprint density at radius 2 is 2.11 bits per heavy atom. The minimum Gasteiger partial charge on any atom is -0.354 e. The van der Waals surface area contributed by atoms with Gasteiger partial charge in [-0.05, 0) is 45.0 Å². The zero-order chi connectivity index (χ0) is 18.2. The highest BCUT2D eigenvalue weighted by atomic mass is 15.2. The maximum absolute atomic E-state index is 4.66. The van der Waals surface area contributed by atoms with Crippen molar-refractivity contribution >= 4 is 22.6 Å². The monoisotopic (exact) mass is 362 g/mol. The van der Waals surface area contributed by atoms with Gasteiger partial charge < -0.3 is 15.2 Å². The Hall–Kier alpha value is -3.00. The molecule has 4 aromatic heterocycles. The van der Waals surface area contributed by atoms with Crippen LogP contribution in [0.25, 0.3) is 27.9 Å². The molecule has 0 saturated carbocycles. The highest BCUT2D eigenvalue weighted by Gasteiger charge is 2.17. The fraction of sp³-hybridized carbons (Fsp3) is 0.368. The molecular weight excluding hydrogens is 340 g/mol. The minimum absolute atomic E-state index is 0.675. The molecule has 0 bridgehead atoms. The van der Waals surface area contributed by atoms with E-state index in [0.29, 0.717) is 11.9 Å². The third-order valence-electron chi connectivity index (χ3n) is 5.35. The SMILES string of the molecule is CN1CCC(CNc2ncc3c(-c4ccn5nccc5n4)c[nH]c3n2)CC1. The van der Waals surface area contributed by atoms with Gasteiger partial charge in [-0.25, -0.2) is 14.5 Å². The summed E-state index contributed by atoms with van der Waals surface area (Å²) < 4.78 is 1.75. The molecule has 138 valence electrons. The summed E-state index contributed by atoms with van der Waals surface area (Å²) in [7, 11) is 2.18. The van der Waals surface area contributed by atoms with Crippen molar-refractivity contribution in [3.8, 4) is 11.3 Å². The highest BCUT2D eigenvalue weighted by Crippen LogP contribution is 2.26. The molecule has 0 amide bonds. The smallest absolute Gasteiger partial charge is 0.224 e. The summed E-state index contributed by atoms with van der Waals surface area (Å²) in [4.78, 5) is 19.5. The van der Waals surface area contributed by atoms with Crippen LogP contribution in [0.3, 0.4) is 0 Å². The average molecular weight is 362 g/mol. The van der Waals surface area contributed by atoms with Crippen LogP contribution in [0.1, 0.15) is 12.8 Å². The second kappa shape index (κ2) is 6.62. The van der Waals surface area contributed by atoms with E-state index < -0.39 is 0 Å². The number of nitrogens with zero attached hydrogens (tertiary/aromatic N) is 6. The zero-order valence-electron chi connectivity index (χ0n) is 15.3. The normalized spacial score (nSPS) is 16.3. The molecule has 27 heavy (non-hydrogen) atoms. The van der Waals surface area contributed by atoms with Crippen LogP contribution in [0.2, 0.25) is 0 Å². The molecular formula is C19H22N8. The molecule has 1 aliphatic rings. The summed E-state index contributed by atoms with van der Waals surface area (Å²) in [5.74, 6) is 1.36. The van der Waals surface area contributed by atoms with Crippen molar-refractivity contribution in [1.82, 2.24) is 34.4 Å². The quantitative estimate of drug-likeness (QED) is 0.580. The number of hydrogen-bond acceptors (Lipinski definition) is 6. The number of rotatable bonds is 4. The number of aromatic amines is 1. The molecule has 4 aromatic rings. The molecule has 1 fully saturated rings. The van der Waals surface area contributed by atoms with Gasteiger partial charge in [0.1, 0.15) is 5.65 Å². The van der Waals surface area contributed by atoms with Crippen LogP contribution < -0.4 is 5.32 Å². The lowest BCUT2D eigenvalue weighted by Crippen LogP contribution is -2.33. The van der Waals surface area contributed by atoms with Crippen molar-refractivity contribution in [1.29, 1.82) is 0 Å². The van der Waals surface area contributed by atoms with E-state index in [1.165, 1.54) is 25.9 Å². The Labute approximate surface area is 156 Å². The van der Waals surface area contributed by atoms with E-state index >= 15 is 0 Å². The standard InChI is InChI=1S/C19H22N8/c1-26-7-3-13(4-8-26)10-21-19-22-12-15-14(11-20-18(15)25-19)16-5-9-27-17(24-16)2-6-23-27/h2,5-6,9,11-13H,3-4,7-8,10H2,1H3,(H2,20,21,22,25). The molecule has 0 unspecified atom stereocenters. The molecule has 0 radical (unpaired) electrons. The Balaban J connectivity index is 1.36. The Kier molecular flexibility index (Phi) is 3.97. The van der Waals surface area contributed by atoms with Crippen LogP contribution >= 0.6 is 0 Å². The van der Waals surface area contributed by atoms with E-state index in [2.05, 4.69) is 42.3 Å². The molecule has 5 rings (SSSR count). The van der Waals surface area contributed by atoms with Gasteiger partial charge in [-0.3, -0.25) is 0 Å². The summed E-state index contributed by atoms with van der Waals surface area (Å²) in [6.07, 6.45) is 9.91. The van der Waals surface area contributed by atoms with Crippen LogP contribution in [0, 0.1) is 5.92 Å². The van der Waals surface area contributed by atoms with Gasteiger partial charge in [-0.2, -0.15) is 10.1 Å². The average Bonchev–Trinajstić information content (AvgIpc) is 3.33. The van der Waals surface area contributed by atoms with E-state index in [-0.39, 0.29) is 0 Å². The Morgan fingerprint density at radius 1 is 1.22 bits per heavy atom. The molecule has 2 N–H and O–H groups in total. The molecule has 1 aliphatic heterocycles. The van der Waals surface area contributed by atoms with E-state index in [0.717, 1.165) is 34.5 Å². The number of H-pyrrole nitrogens is 1. The number of anilines is 1. The second-order valence-corrected chi connectivity index (χ2v) is 7.23. The first kappa shape index (κ1) is 16.2. The van der Waals surface area contributed by atoms with Crippen molar-refractivity contribution in [2.45, 2.75) is 12.8 Å². The summed E-state index contributed by atoms with van der Waals surface area (Å²) in [5.41, 5.74) is 3.51. The Bertz CT molecular complexity index is 1070. The zero-order valence-corrected chi connectivity index (χ0v) is 15.3. The first-order valence-corrected chi connectivity index (χ1v) is 9.33. The maximum atomic E-state index is 4.66. The maximum Gasteiger partial charge on any atom is 0.224 e. The molecule has 8 heteroatoms. The number of piperidine rings is 1. The van der Waals surface area contributed by atoms with Crippen LogP contribution in [-0.4, -0.2) is 61.1 Å². The van der Waals surface area contributed by atoms with E-state index in [1.54, 1.807) is 10.7 Å². The molecule has 1 saturated heterocycles. The molecule has 0 atom stereocenters. The summed E-state index contributed by atoms with van der Waals surface area (Å²) in [5, 5.41) is 8.56. The number of likely N-dealkylation sites (tertiary alicyclic amines) is 1. The second-order valence-electron chi connectivity index (χ2n) is 7.23. The minimum atomic E-state index is 0.675. The predicted octanol–water partition coefficient (Wildman–Crippen LogP) is 2.42. The molecule has 0 aliphatic carbocycles. The Morgan fingerprint density at radius 3 is 3.00 bits per heavy atom. The van der Waals surface area contributed by atoms with Gasteiger partial charge >= 0.3 is 0 Å². The molecule has 0 spiro atoms. The van der Waals surface area contributed by atoms with E-state index in [4.69, 9.17) is 0 Å². The third-order valence-corrected chi connectivity index (χ3v) is 5.35. The van der Waals surface area contributed by atoms with Gasteiger partial charge in [-0.1, -0.05) is 0 Å². The number of nitrogens with one attached hydrogen (secondary N) is 2. The van der Waals surface area contributed by atoms with Crippen molar-refractivity contribution in [2.75, 3.05) is 32.0 Å². The van der Waals surface area contributed by atoms with Crippen molar-refractivity contribution < 1.29 is 0 Å². The number of aromatic nitrogens is 6. The predicted molar refractivity (Wildman–Crippen MR) is 105 cm³/mol. The topological polar surface area (TPSA) is 87.0 Å². The van der Waals surface area contributed by atoms with Crippen molar-refractivity contribution in [3.05, 3.63) is 36.9 Å². The number of fused-ring (bicyclic) bond motifs is 2. The van der Waals surface area contributed by atoms with E-state index in [1.807, 2.05) is 30.7 Å². The van der Waals surface area contributed by atoms with Gasteiger partial charge in [0.05, 0.1) is 11.9 Å². The fourth-order valence-corrected chi connectivity index (χ4v) is 3.67. The molecule has 0 aromatic carbocycles. The summed E-state index contributed by atoms with van der Waals surface area (Å²) in [6, 6.07) is 3.84. The van der Waals surface area contributed by atoms with Gasteiger partial charge in [0.15, 0.2) is 5.65 Å². The van der Waals surface area contributed by atoms with Gasteiger partial charge in [0, 0.05) is 42.2 Å². The first-order valence-electron chi connectivity index (χ1n) is 9.33. The highest BCUT2D eigenvalue weighted by molar-refractivity contribution is 5.92. The molecule has 8 nitrogen and oxygen atoms in total. The van der Waals surface area contributed by atoms with Crippen molar-refractivity contribution in [3.63, 3.8) is 0 Å². The van der Waals surface area contributed by atoms with Crippen LogP contribution in [0.15, 0.2) is 36.9 Å². The van der Waals surface area contributed by atoms with Gasteiger partial charge in [0.25, 0.3) is 0 Å². The fourth-order valence-electron chi connectivity index (χ4n) is 3.67. The van der Waals surface area contributed by atoms with Crippen LogP contribution in [0.5, 0.6) is 0 Å². The lowest BCUT2D eigenvalue weighted by atomic mass is 9.97. The van der Waals surface area contributed by atoms with Gasteiger partial charge in [-0.15, -0.1) is 0 Å². The summed E-state index contributed by atoms with van der Waals surface area (Å²) >= 11 is 0. The van der Waals surface area contributed by atoms with Crippen molar-refractivity contribution in [2.24, 2.45) is 5.92 Å². The van der Waals surface area contributed by atoms with Crippen LogP contribution in [-0.2, 0) is 0 Å². The first-order chi connectivity index (χ1) is 13.3. The van der Waals surface area contributed by atoms with Crippen LogP contribution in [0.4, 0.5) is 5.95 Å². The van der Waals surface area contributed by atoms with Gasteiger partial charge in [0.2, 0.25) is 5.95 Å². The number of hydrogen-bond donors (Lipinski definition) is 2.